The van der Waals surface area contributed by atoms with Crippen molar-refractivity contribution in [2.24, 2.45) is 0 Å². The number of nitrogens with two attached hydrogens (primary N) is 1. The fourth-order valence-electron chi connectivity index (χ4n) is 2.00. The van der Waals surface area contributed by atoms with E-state index in [-0.39, 0.29) is 6.03 Å². The first-order valence-corrected chi connectivity index (χ1v) is 6.13. The van der Waals surface area contributed by atoms with Gasteiger partial charge in [-0.3, -0.25) is 4.90 Å². The molecule has 0 aliphatic carbocycles. The Bertz CT molecular complexity index is 672. The molecule has 1 aliphatic heterocycles. The molecule has 20 heavy (non-hydrogen) atoms. The minimum Gasteiger partial charge on any atom is -0.399 e. The van der Waals surface area contributed by atoms with E-state index in [1.54, 1.807) is 25.4 Å². The Morgan fingerprint density at radius 3 is 3.10 bits per heavy atom. The Kier molecular flexibility index (Phi) is 2.86. The van der Waals surface area contributed by atoms with Crippen molar-refractivity contribution in [2.75, 3.05) is 23.0 Å². The largest absolute Gasteiger partial charge is 0.399 e. The molecule has 1 aliphatic rings. The van der Waals surface area contributed by atoms with Crippen LogP contribution in [0.4, 0.5) is 27.9 Å². The van der Waals surface area contributed by atoms with Crippen LogP contribution in [0.5, 0.6) is 0 Å². The van der Waals surface area contributed by atoms with Crippen LogP contribution < -0.4 is 21.3 Å². The van der Waals surface area contributed by atoms with Crippen molar-refractivity contribution in [3.8, 4) is 0 Å². The predicted octanol–water partition coefficient (Wildman–Crippen LogP) is 1.46. The number of carbonyl (C=O) groups is 1. The molecule has 2 amide bonds. The van der Waals surface area contributed by atoms with Crippen LogP contribution in [-0.4, -0.2) is 23.0 Å². The number of amides is 2. The van der Waals surface area contributed by atoms with Crippen LogP contribution in [0.1, 0.15) is 5.56 Å². The number of hydrogen-bond acceptors (Lipinski definition) is 5. The van der Waals surface area contributed by atoms with E-state index >= 15 is 0 Å². The zero-order valence-electron chi connectivity index (χ0n) is 10.9. The maximum Gasteiger partial charge on any atom is 0.323 e. The van der Waals surface area contributed by atoms with Gasteiger partial charge in [-0.15, -0.1) is 0 Å². The summed E-state index contributed by atoms with van der Waals surface area (Å²) in [7, 11) is 1.67. The second-order valence-electron chi connectivity index (χ2n) is 4.51. The molecule has 1 aromatic heterocycles. The summed E-state index contributed by atoms with van der Waals surface area (Å²) < 4.78 is 0. The minimum absolute atomic E-state index is 0.175. The molecule has 4 N–H and O–H groups in total. The molecule has 0 bridgehead atoms. The van der Waals surface area contributed by atoms with Gasteiger partial charge in [0.2, 0.25) is 5.95 Å². The summed E-state index contributed by atoms with van der Waals surface area (Å²) in [6, 6.07) is 7.13. The fourth-order valence-corrected chi connectivity index (χ4v) is 2.00. The average molecular weight is 270 g/mol. The Morgan fingerprint density at radius 1 is 1.45 bits per heavy atom. The highest BCUT2D eigenvalue weighted by molar-refractivity contribution is 5.93. The summed E-state index contributed by atoms with van der Waals surface area (Å²) in [5, 5.41) is 5.80. The number of nitrogens with zero attached hydrogens (tertiary/aromatic N) is 3. The summed E-state index contributed by atoms with van der Waals surface area (Å²) >= 11 is 0. The second kappa shape index (κ2) is 4.69. The van der Waals surface area contributed by atoms with E-state index in [2.05, 4.69) is 20.6 Å². The normalized spacial score (nSPS) is 13.7. The third kappa shape index (κ3) is 2.20. The maximum absolute atomic E-state index is 11.6. The Labute approximate surface area is 115 Å². The maximum atomic E-state index is 11.6. The molecule has 3 rings (SSSR count). The standard InChI is InChI=1S/C13H14N6O/c1-19-11-8(7-16-13(19)20)6-15-12(18-11)17-10-4-2-3-9(14)5-10/h2-6H,7,14H2,1H3,(H,16,20)(H,15,17,18). The molecule has 2 heterocycles. The topological polar surface area (TPSA) is 96.2 Å². The van der Waals surface area contributed by atoms with Gasteiger partial charge >= 0.3 is 6.03 Å². The summed E-state index contributed by atoms with van der Waals surface area (Å²) in [6.07, 6.45) is 1.70. The first kappa shape index (κ1) is 12.2. The van der Waals surface area contributed by atoms with Crippen molar-refractivity contribution in [2.45, 2.75) is 6.54 Å². The van der Waals surface area contributed by atoms with Crippen LogP contribution in [0, 0.1) is 0 Å². The lowest BCUT2D eigenvalue weighted by Crippen LogP contribution is -2.42. The van der Waals surface area contributed by atoms with Gasteiger partial charge in [-0.1, -0.05) is 6.07 Å². The smallest absolute Gasteiger partial charge is 0.323 e. The predicted molar refractivity (Wildman–Crippen MR) is 76.8 cm³/mol. The Balaban J connectivity index is 1.90. The quantitative estimate of drug-likeness (QED) is 0.718. The van der Waals surface area contributed by atoms with Crippen molar-refractivity contribution in [1.29, 1.82) is 0 Å². The molecule has 102 valence electrons. The number of nitrogens with one attached hydrogen (secondary N) is 2. The molecule has 2 aromatic rings. The van der Waals surface area contributed by atoms with Gasteiger partial charge in [-0.25, -0.2) is 9.78 Å². The molecular weight excluding hydrogens is 256 g/mol. The van der Waals surface area contributed by atoms with Gasteiger partial charge in [0.15, 0.2) is 0 Å². The summed E-state index contributed by atoms with van der Waals surface area (Å²) in [5.74, 6) is 1.03. The van der Waals surface area contributed by atoms with Gasteiger partial charge in [-0.05, 0) is 18.2 Å². The zero-order valence-corrected chi connectivity index (χ0v) is 10.9. The highest BCUT2D eigenvalue weighted by Crippen LogP contribution is 2.23. The van der Waals surface area contributed by atoms with Gasteiger partial charge < -0.3 is 16.4 Å². The number of urea groups is 1. The van der Waals surface area contributed by atoms with Crippen molar-refractivity contribution >= 4 is 29.2 Å². The number of fused-ring (bicyclic) bond motifs is 1. The first-order chi connectivity index (χ1) is 9.63. The SMILES string of the molecule is CN1C(=O)NCc2cnc(Nc3cccc(N)c3)nc21. The summed E-state index contributed by atoms with van der Waals surface area (Å²) in [4.78, 5) is 21.7. The monoisotopic (exact) mass is 270 g/mol. The van der Waals surface area contributed by atoms with E-state index in [1.165, 1.54) is 4.90 Å². The number of carbonyl (C=O) groups excluding carboxylic acids is 1. The highest BCUT2D eigenvalue weighted by Gasteiger charge is 2.22. The van der Waals surface area contributed by atoms with Crippen molar-refractivity contribution < 1.29 is 4.79 Å². The van der Waals surface area contributed by atoms with E-state index in [1.807, 2.05) is 12.1 Å². The molecular formula is C13H14N6O. The van der Waals surface area contributed by atoms with Crippen LogP contribution in [0.2, 0.25) is 0 Å². The first-order valence-electron chi connectivity index (χ1n) is 6.13. The Hall–Kier alpha value is -2.83. The third-order valence-corrected chi connectivity index (χ3v) is 3.04. The molecule has 0 radical (unpaired) electrons. The van der Waals surface area contributed by atoms with Crippen LogP contribution in [0.15, 0.2) is 30.5 Å². The number of hydrogen-bond donors (Lipinski definition) is 3. The number of benzene rings is 1. The van der Waals surface area contributed by atoms with Crippen molar-refractivity contribution in [3.05, 3.63) is 36.0 Å². The molecule has 0 spiro atoms. The van der Waals surface area contributed by atoms with E-state index in [9.17, 15) is 4.79 Å². The second-order valence-corrected chi connectivity index (χ2v) is 4.51. The number of anilines is 4. The zero-order chi connectivity index (χ0) is 14.1. The van der Waals surface area contributed by atoms with E-state index < -0.39 is 0 Å². The minimum atomic E-state index is -0.175. The molecule has 7 heteroatoms. The van der Waals surface area contributed by atoms with Gasteiger partial charge in [0.05, 0.1) is 0 Å². The molecule has 0 saturated carbocycles. The molecule has 0 atom stereocenters. The summed E-state index contributed by atoms with van der Waals surface area (Å²) in [5.41, 5.74) is 8.06. The molecule has 7 nitrogen and oxygen atoms in total. The number of rotatable bonds is 2. The molecule has 0 unspecified atom stereocenters. The van der Waals surface area contributed by atoms with Crippen molar-refractivity contribution in [3.63, 3.8) is 0 Å². The van der Waals surface area contributed by atoms with Crippen LogP contribution in [0.3, 0.4) is 0 Å². The van der Waals surface area contributed by atoms with Gasteiger partial charge in [0.25, 0.3) is 0 Å². The fraction of sp³-hybridized carbons (Fsp3) is 0.154. The summed E-state index contributed by atoms with van der Waals surface area (Å²) in [6.45, 7) is 0.442. The van der Waals surface area contributed by atoms with Crippen LogP contribution >= 0.6 is 0 Å². The highest BCUT2D eigenvalue weighted by atomic mass is 16.2. The third-order valence-electron chi connectivity index (χ3n) is 3.04. The molecule has 0 fully saturated rings. The average Bonchev–Trinajstić information content (AvgIpc) is 2.43. The van der Waals surface area contributed by atoms with Crippen LogP contribution in [0.25, 0.3) is 0 Å². The van der Waals surface area contributed by atoms with Crippen molar-refractivity contribution in [1.82, 2.24) is 15.3 Å². The van der Waals surface area contributed by atoms with Crippen LogP contribution in [-0.2, 0) is 6.54 Å². The van der Waals surface area contributed by atoms with E-state index in [0.717, 1.165) is 11.3 Å². The van der Waals surface area contributed by atoms with Gasteiger partial charge in [0.1, 0.15) is 5.82 Å². The molecule has 0 saturated heterocycles. The molecule has 1 aromatic carbocycles. The van der Waals surface area contributed by atoms with E-state index in [0.29, 0.717) is 24.0 Å². The number of nitrogen functional groups attached to an aromatic ring is 1. The Morgan fingerprint density at radius 2 is 2.30 bits per heavy atom. The van der Waals surface area contributed by atoms with E-state index in [4.69, 9.17) is 5.73 Å². The lowest BCUT2D eigenvalue weighted by molar-refractivity contribution is 0.245. The number of aromatic nitrogens is 2. The lowest BCUT2D eigenvalue weighted by Gasteiger charge is -2.25. The van der Waals surface area contributed by atoms with Gasteiger partial charge in [-0.2, -0.15) is 4.98 Å². The lowest BCUT2D eigenvalue weighted by atomic mass is 10.2. The van der Waals surface area contributed by atoms with Gasteiger partial charge in [0, 0.05) is 36.7 Å².